The van der Waals surface area contributed by atoms with E-state index in [1.807, 2.05) is 6.08 Å². The number of methoxy groups -OCH3 is 1. The van der Waals surface area contributed by atoms with Gasteiger partial charge in [-0.25, -0.2) is 19.9 Å². The van der Waals surface area contributed by atoms with Crippen LogP contribution in [0, 0.1) is 11.8 Å². The van der Waals surface area contributed by atoms with Crippen LogP contribution in [0.4, 0.5) is 0 Å². The first-order chi connectivity index (χ1) is 13.7. The maximum absolute atomic E-state index is 12.7. The Morgan fingerprint density at radius 3 is 2.68 bits per heavy atom. The van der Waals surface area contributed by atoms with Crippen LogP contribution in [0.3, 0.4) is 0 Å². The van der Waals surface area contributed by atoms with E-state index in [1.165, 1.54) is 6.33 Å². The van der Waals surface area contributed by atoms with Crippen molar-refractivity contribution in [3.63, 3.8) is 0 Å². The molecule has 4 heterocycles. The summed E-state index contributed by atoms with van der Waals surface area (Å²) < 4.78 is 5.44. The van der Waals surface area contributed by atoms with Gasteiger partial charge in [-0.15, -0.1) is 0 Å². The number of aromatic nitrogens is 4. The molecule has 2 aliphatic heterocycles. The fraction of sp³-hybridized carbons (Fsp3) is 0.500. The van der Waals surface area contributed by atoms with Crippen LogP contribution in [0.1, 0.15) is 37.3 Å². The molecule has 8 heteroatoms. The summed E-state index contributed by atoms with van der Waals surface area (Å²) in [6.45, 7) is 1.89. The number of carbonyl (C=O) groups is 1. The van der Waals surface area contributed by atoms with E-state index in [2.05, 4.69) is 30.2 Å². The first-order valence-electron chi connectivity index (χ1n) is 9.82. The smallest absolute Gasteiger partial charge is 0.254 e. The van der Waals surface area contributed by atoms with Crippen LogP contribution >= 0.6 is 0 Å². The summed E-state index contributed by atoms with van der Waals surface area (Å²) in [7, 11) is 1.58. The Labute approximate surface area is 162 Å². The molecule has 1 amide bonds. The number of fused-ring (bicyclic) bond motifs is 1. The van der Waals surface area contributed by atoms with Crippen molar-refractivity contribution in [1.29, 1.82) is 0 Å². The largest absolute Gasteiger partial charge is 0.480 e. The monoisotopic (exact) mass is 378 g/mol. The van der Waals surface area contributed by atoms with Gasteiger partial charge in [0.1, 0.15) is 11.9 Å². The van der Waals surface area contributed by atoms with Crippen LogP contribution in [0.5, 0.6) is 5.88 Å². The molecule has 3 aliphatic rings. The molecule has 0 aromatic carbocycles. The molecule has 1 saturated heterocycles. The van der Waals surface area contributed by atoms with Gasteiger partial charge in [-0.05, 0) is 44.7 Å². The summed E-state index contributed by atoms with van der Waals surface area (Å²) >= 11 is 0. The second kappa shape index (κ2) is 7.01. The van der Waals surface area contributed by atoms with Crippen molar-refractivity contribution >= 4 is 12.0 Å². The van der Waals surface area contributed by atoms with E-state index in [9.17, 15) is 4.79 Å². The van der Waals surface area contributed by atoms with Gasteiger partial charge in [-0.1, -0.05) is 6.08 Å². The molecule has 1 saturated carbocycles. The highest BCUT2D eigenvalue weighted by Gasteiger charge is 2.32. The zero-order chi connectivity index (χ0) is 19.1. The molecular weight excluding hydrogens is 356 g/mol. The Hall–Kier alpha value is -2.74. The zero-order valence-electron chi connectivity index (χ0n) is 15.8. The minimum Gasteiger partial charge on any atom is -0.480 e. The molecular formula is C20H22N6O2. The van der Waals surface area contributed by atoms with E-state index in [1.54, 1.807) is 13.3 Å². The first kappa shape index (κ1) is 17.4. The Bertz CT molecular complexity index is 1040. The third kappa shape index (κ3) is 3.07. The maximum atomic E-state index is 12.7. The van der Waals surface area contributed by atoms with Gasteiger partial charge < -0.3 is 10.1 Å². The van der Waals surface area contributed by atoms with Crippen molar-refractivity contribution in [3.8, 4) is 17.3 Å². The van der Waals surface area contributed by atoms with Crippen LogP contribution < -0.4 is 20.8 Å². The van der Waals surface area contributed by atoms with E-state index in [0.29, 0.717) is 34.6 Å². The lowest BCUT2D eigenvalue weighted by Crippen LogP contribution is -2.41. The topological polar surface area (TPSA) is 102 Å². The fourth-order valence-electron chi connectivity index (χ4n) is 4.11. The molecule has 28 heavy (non-hydrogen) atoms. The SMILES string of the molecule is COc1ncnc(C2CC2)c1-c1ncc2c(n1)=NC(=O)C(C1CCNCC1)C=2. The lowest BCUT2D eigenvalue weighted by Gasteiger charge is -2.27. The molecule has 0 bridgehead atoms. The predicted molar refractivity (Wildman–Crippen MR) is 101 cm³/mol. The van der Waals surface area contributed by atoms with Crippen molar-refractivity contribution in [1.82, 2.24) is 25.3 Å². The molecule has 1 atom stereocenters. The molecule has 144 valence electrons. The van der Waals surface area contributed by atoms with Gasteiger partial charge in [0.25, 0.3) is 5.91 Å². The highest BCUT2D eigenvalue weighted by molar-refractivity contribution is 5.86. The Balaban J connectivity index is 1.57. The third-order valence-electron chi connectivity index (χ3n) is 5.77. The minimum absolute atomic E-state index is 0.109. The highest BCUT2D eigenvalue weighted by atomic mass is 16.5. The number of nitrogens with zero attached hydrogens (tertiary/aromatic N) is 5. The average Bonchev–Trinajstić information content (AvgIpc) is 3.58. The summed E-state index contributed by atoms with van der Waals surface area (Å²) in [4.78, 5) is 34.8. The first-order valence-corrected chi connectivity index (χ1v) is 9.82. The van der Waals surface area contributed by atoms with Crippen LogP contribution in [-0.4, -0.2) is 46.0 Å². The predicted octanol–water partition coefficient (Wildman–Crippen LogP) is 0.376. The van der Waals surface area contributed by atoms with E-state index < -0.39 is 0 Å². The number of hydrogen-bond acceptors (Lipinski definition) is 7. The summed E-state index contributed by atoms with van der Waals surface area (Å²) in [5.41, 5.74) is 2.04. The minimum atomic E-state index is -0.180. The van der Waals surface area contributed by atoms with Gasteiger partial charge in [-0.3, -0.25) is 4.79 Å². The fourth-order valence-corrected chi connectivity index (χ4v) is 4.11. The van der Waals surface area contributed by atoms with E-state index in [4.69, 9.17) is 4.74 Å². The summed E-state index contributed by atoms with van der Waals surface area (Å²) in [6.07, 6.45) is 9.41. The lowest BCUT2D eigenvalue weighted by atomic mass is 9.83. The zero-order valence-corrected chi connectivity index (χ0v) is 15.8. The Morgan fingerprint density at radius 1 is 1.11 bits per heavy atom. The van der Waals surface area contributed by atoms with E-state index in [-0.39, 0.29) is 11.8 Å². The number of nitrogens with one attached hydrogen (secondary N) is 1. The molecule has 1 N–H and O–H groups in total. The van der Waals surface area contributed by atoms with Crippen molar-refractivity contribution in [2.24, 2.45) is 16.8 Å². The second-order valence-corrected chi connectivity index (χ2v) is 7.62. The third-order valence-corrected chi connectivity index (χ3v) is 5.77. The Morgan fingerprint density at radius 2 is 1.93 bits per heavy atom. The molecule has 2 fully saturated rings. The normalized spacial score (nSPS) is 22.2. The summed E-state index contributed by atoms with van der Waals surface area (Å²) in [6, 6.07) is 0. The quantitative estimate of drug-likeness (QED) is 0.820. The van der Waals surface area contributed by atoms with E-state index >= 15 is 0 Å². The standard InChI is InChI=1S/C20H22N6O2/c1-28-20-15(16(12-2-3-12)23-10-24-20)18-22-9-13-8-14(11-4-6-21-7-5-11)19(27)26-17(13)25-18/h8-12,14,21H,2-7H2,1H3. The number of amides is 1. The molecule has 2 aromatic heterocycles. The van der Waals surface area contributed by atoms with Gasteiger partial charge in [-0.2, -0.15) is 4.99 Å². The van der Waals surface area contributed by atoms with Crippen LogP contribution in [0.15, 0.2) is 17.5 Å². The lowest BCUT2D eigenvalue weighted by molar-refractivity contribution is -0.121. The number of piperidine rings is 1. The van der Waals surface area contributed by atoms with Crippen molar-refractivity contribution in [3.05, 3.63) is 28.9 Å². The van der Waals surface area contributed by atoms with Gasteiger partial charge in [0.15, 0.2) is 11.3 Å². The maximum Gasteiger partial charge on any atom is 0.254 e. The highest BCUT2D eigenvalue weighted by Crippen LogP contribution is 2.44. The number of carbonyl (C=O) groups excluding carboxylic acids is 1. The van der Waals surface area contributed by atoms with Crippen LogP contribution in [-0.2, 0) is 4.79 Å². The van der Waals surface area contributed by atoms with Crippen molar-refractivity contribution < 1.29 is 9.53 Å². The van der Waals surface area contributed by atoms with Gasteiger partial charge in [0.05, 0.1) is 18.7 Å². The summed E-state index contributed by atoms with van der Waals surface area (Å²) in [5.74, 6) is 1.35. The van der Waals surface area contributed by atoms with Crippen molar-refractivity contribution in [2.45, 2.75) is 31.6 Å². The number of rotatable bonds is 4. The van der Waals surface area contributed by atoms with Gasteiger partial charge in [0.2, 0.25) is 5.88 Å². The molecule has 0 radical (unpaired) electrons. The molecule has 2 aromatic rings. The van der Waals surface area contributed by atoms with Crippen LogP contribution in [0.2, 0.25) is 0 Å². The second-order valence-electron chi connectivity index (χ2n) is 7.62. The molecule has 1 unspecified atom stereocenters. The van der Waals surface area contributed by atoms with Crippen molar-refractivity contribution in [2.75, 3.05) is 20.2 Å². The average molecular weight is 378 g/mol. The molecule has 8 nitrogen and oxygen atoms in total. The molecule has 1 aliphatic carbocycles. The summed E-state index contributed by atoms with van der Waals surface area (Å²) in [5, 5.41) is 4.15. The number of ether oxygens (including phenoxy) is 1. The molecule has 0 spiro atoms. The Kier molecular flexibility index (Phi) is 4.35. The van der Waals surface area contributed by atoms with E-state index in [0.717, 1.165) is 49.7 Å². The molecule has 5 rings (SSSR count). The van der Waals surface area contributed by atoms with Crippen LogP contribution in [0.25, 0.3) is 17.5 Å². The van der Waals surface area contributed by atoms with Gasteiger partial charge >= 0.3 is 0 Å². The van der Waals surface area contributed by atoms with Gasteiger partial charge in [0, 0.05) is 17.3 Å². The number of hydrogen-bond donors (Lipinski definition) is 1.